The van der Waals surface area contributed by atoms with Gasteiger partial charge in [0.1, 0.15) is 17.9 Å². The minimum absolute atomic E-state index is 0. The van der Waals surface area contributed by atoms with Gasteiger partial charge in [-0.2, -0.15) is 0 Å². The van der Waals surface area contributed by atoms with Crippen molar-refractivity contribution in [1.29, 1.82) is 0 Å². The Hall–Kier alpha value is -0.490. The fraction of sp³-hybridized carbons (Fsp3) is 0.500. The highest BCUT2D eigenvalue weighted by molar-refractivity contribution is 9.10. The molecule has 0 bridgehead atoms. The van der Waals surface area contributed by atoms with Gasteiger partial charge in [0.25, 0.3) is 0 Å². The Morgan fingerprint density at radius 2 is 2.14 bits per heavy atom. The molecule has 1 saturated heterocycles. The molecule has 2 rings (SSSR count). The van der Waals surface area contributed by atoms with Crippen molar-refractivity contribution >= 4 is 45.9 Å². The Morgan fingerprint density at radius 1 is 1.48 bits per heavy atom. The highest BCUT2D eigenvalue weighted by Crippen LogP contribution is 2.36. The fourth-order valence-corrected chi connectivity index (χ4v) is 2.95. The van der Waals surface area contributed by atoms with Crippen molar-refractivity contribution in [2.24, 2.45) is 0 Å². The molecule has 0 unspecified atom stereocenters. The van der Waals surface area contributed by atoms with Crippen molar-refractivity contribution in [1.82, 2.24) is 5.32 Å². The first kappa shape index (κ1) is 18.6. The average molecular weight is 399 g/mol. The van der Waals surface area contributed by atoms with Gasteiger partial charge < -0.3 is 14.8 Å². The molecule has 1 aliphatic rings. The normalized spacial score (nSPS) is 20.8. The Balaban J connectivity index is 0.00000220. The molecule has 7 heteroatoms. The van der Waals surface area contributed by atoms with E-state index in [1.54, 1.807) is 0 Å². The summed E-state index contributed by atoms with van der Waals surface area (Å²) in [6.07, 6.45) is 0.537. The molecule has 0 aromatic heterocycles. The monoisotopic (exact) mass is 397 g/mol. The number of esters is 1. The van der Waals surface area contributed by atoms with Crippen LogP contribution in [0.15, 0.2) is 10.5 Å². The first-order valence-electron chi connectivity index (χ1n) is 6.37. The summed E-state index contributed by atoms with van der Waals surface area (Å²) in [5.41, 5.74) is 1.93. The van der Waals surface area contributed by atoms with E-state index >= 15 is 0 Å². The molecule has 1 heterocycles. The molecule has 118 valence electrons. The Bertz CT molecular complexity index is 539. The smallest absolute Gasteiger partial charge is 0.323 e. The summed E-state index contributed by atoms with van der Waals surface area (Å²) in [5.74, 6) is 0.500. The van der Waals surface area contributed by atoms with Crippen molar-refractivity contribution in [3.63, 3.8) is 0 Å². The minimum atomic E-state index is -0.293. The summed E-state index contributed by atoms with van der Waals surface area (Å²) >= 11 is 9.70. The second kappa shape index (κ2) is 7.68. The molecule has 1 N–H and O–H groups in total. The molecule has 0 amide bonds. The second-order valence-electron chi connectivity index (χ2n) is 4.90. The Kier molecular flexibility index (Phi) is 6.78. The highest BCUT2D eigenvalue weighted by atomic mass is 79.9. The first-order valence-corrected chi connectivity index (χ1v) is 7.54. The van der Waals surface area contributed by atoms with Crippen LogP contribution in [0.2, 0.25) is 5.02 Å². The predicted molar refractivity (Wildman–Crippen MR) is 88.7 cm³/mol. The third-order valence-electron chi connectivity index (χ3n) is 3.44. The van der Waals surface area contributed by atoms with Crippen LogP contribution in [-0.4, -0.2) is 31.8 Å². The van der Waals surface area contributed by atoms with Crippen LogP contribution in [0.3, 0.4) is 0 Å². The number of benzene rings is 1. The number of carbonyl (C=O) groups is 1. The van der Waals surface area contributed by atoms with Gasteiger partial charge in [-0.1, -0.05) is 11.6 Å². The second-order valence-corrected chi connectivity index (χ2v) is 6.08. The van der Waals surface area contributed by atoms with Crippen LogP contribution in [0.5, 0.6) is 5.75 Å². The van der Waals surface area contributed by atoms with Gasteiger partial charge in [-0.3, -0.25) is 4.79 Å². The van der Waals surface area contributed by atoms with E-state index in [1.807, 2.05) is 19.9 Å². The first-order chi connectivity index (χ1) is 9.43. The van der Waals surface area contributed by atoms with Crippen LogP contribution in [0.25, 0.3) is 0 Å². The maximum absolute atomic E-state index is 11.5. The lowest BCUT2D eigenvalue weighted by Gasteiger charge is -2.17. The summed E-state index contributed by atoms with van der Waals surface area (Å²) in [6, 6.07) is 1.61. The number of methoxy groups -OCH3 is 1. The Morgan fingerprint density at radius 3 is 2.76 bits per heavy atom. The summed E-state index contributed by atoms with van der Waals surface area (Å²) in [5, 5.41) is 3.83. The molecule has 0 spiro atoms. The fourth-order valence-electron chi connectivity index (χ4n) is 2.28. The molecule has 1 aliphatic heterocycles. The molecular formula is C14H18BrCl2NO3. The third kappa shape index (κ3) is 4.03. The average Bonchev–Trinajstić information content (AvgIpc) is 2.90. The molecule has 1 fully saturated rings. The third-order valence-corrected chi connectivity index (χ3v) is 5.01. The van der Waals surface area contributed by atoms with E-state index in [0.29, 0.717) is 13.0 Å². The largest absolute Gasteiger partial charge is 0.488 e. The zero-order valence-electron chi connectivity index (χ0n) is 12.0. The molecule has 1 aromatic rings. The molecule has 0 saturated carbocycles. The number of hydrogen-bond acceptors (Lipinski definition) is 4. The van der Waals surface area contributed by atoms with Gasteiger partial charge in [-0.25, -0.2) is 0 Å². The van der Waals surface area contributed by atoms with Crippen LogP contribution in [0.1, 0.15) is 17.5 Å². The molecule has 21 heavy (non-hydrogen) atoms. The van der Waals surface area contributed by atoms with E-state index in [1.165, 1.54) is 7.11 Å². The van der Waals surface area contributed by atoms with Crippen LogP contribution < -0.4 is 10.1 Å². The van der Waals surface area contributed by atoms with Gasteiger partial charge in [-0.05, 0) is 47.0 Å². The van der Waals surface area contributed by atoms with Crippen LogP contribution in [-0.2, 0) is 9.53 Å². The minimum Gasteiger partial charge on any atom is -0.488 e. The number of carbonyl (C=O) groups excluding carboxylic acids is 1. The van der Waals surface area contributed by atoms with Gasteiger partial charge in [0.15, 0.2) is 0 Å². The molecule has 1 aromatic carbocycles. The van der Waals surface area contributed by atoms with E-state index in [-0.39, 0.29) is 30.5 Å². The maximum Gasteiger partial charge on any atom is 0.323 e. The Labute approximate surface area is 144 Å². The van der Waals surface area contributed by atoms with Gasteiger partial charge in [0.05, 0.1) is 11.6 Å². The molecule has 4 nitrogen and oxygen atoms in total. The lowest BCUT2D eigenvalue weighted by molar-refractivity contribution is -0.142. The molecule has 0 radical (unpaired) electrons. The van der Waals surface area contributed by atoms with Crippen molar-refractivity contribution in [3.05, 3.63) is 26.7 Å². The number of nitrogens with one attached hydrogen (secondary N) is 1. The number of halogens is 3. The van der Waals surface area contributed by atoms with E-state index in [9.17, 15) is 4.79 Å². The topological polar surface area (TPSA) is 47.6 Å². The molecular weight excluding hydrogens is 381 g/mol. The maximum atomic E-state index is 11.5. The zero-order valence-corrected chi connectivity index (χ0v) is 15.2. The summed E-state index contributed by atoms with van der Waals surface area (Å²) in [6.45, 7) is 4.50. The van der Waals surface area contributed by atoms with E-state index in [0.717, 1.165) is 26.4 Å². The van der Waals surface area contributed by atoms with Crippen LogP contribution in [0, 0.1) is 13.8 Å². The van der Waals surface area contributed by atoms with Gasteiger partial charge in [-0.15, -0.1) is 12.4 Å². The standard InChI is InChI=1S/C14H17BrClNO3.ClH/c1-7-4-11(12(15)8(2)13(7)16)20-9-5-10(17-6-9)14(18)19-3;/h4,9-10,17H,5-6H2,1-3H3;1H/t9-,10-;/m0./s1. The van der Waals surface area contributed by atoms with Crippen molar-refractivity contribution < 1.29 is 14.3 Å². The van der Waals surface area contributed by atoms with Gasteiger partial charge in [0.2, 0.25) is 0 Å². The number of aryl methyl sites for hydroxylation is 1. The summed E-state index contributed by atoms with van der Waals surface area (Å²) in [4.78, 5) is 11.5. The quantitative estimate of drug-likeness (QED) is 0.792. The van der Waals surface area contributed by atoms with Crippen molar-refractivity contribution in [2.75, 3.05) is 13.7 Å². The van der Waals surface area contributed by atoms with E-state index < -0.39 is 0 Å². The van der Waals surface area contributed by atoms with E-state index in [2.05, 4.69) is 21.2 Å². The zero-order chi connectivity index (χ0) is 14.9. The summed E-state index contributed by atoms with van der Waals surface area (Å²) < 4.78 is 11.6. The number of hydrogen-bond donors (Lipinski definition) is 1. The lowest BCUT2D eigenvalue weighted by atomic mass is 10.1. The number of rotatable bonds is 3. The van der Waals surface area contributed by atoms with Crippen molar-refractivity contribution in [3.8, 4) is 5.75 Å². The van der Waals surface area contributed by atoms with E-state index in [4.69, 9.17) is 21.1 Å². The molecule has 2 atom stereocenters. The summed E-state index contributed by atoms with van der Waals surface area (Å²) in [7, 11) is 1.39. The highest BCUT2D eigenvalue weighted by Gasteiger charge is 2.31. The van der Waals surface area contributed by atoms with Crippen molar-refractivity contribution in [2.45, 2.75) is 32.4 Å². The van der Waals surface area contributed by atoms with Crippen LogP contribution >= 0.6 is 39.9 Å². The van der Waals surface area contributed by atoms with Crippen LogP contribution in [0.4, 0.5) is 0 Å². The predicted octanol–water partition coefficient (Wildman–Crippen LogP) is 3.42. The van der Waals surface area contributed by atoms with Gasteiger partial charge in [0, 0.05) is 18.0 Å². The lowest BCUT2D eigenvalue weighted by Crippen LogP contribution is -2.31. The molecule has 0 aliphatic carbocycles. The van der Waals surface area contributed by atoms with Gasteiger partial charge >= 0.3 is 5.97 Å². The number of ether oxygens (including phenoxy) is 2. The SMILES string of the molecule is COC(=O)[C@@H]1C[C@H](Oc2cc(C)c(Cl)c(C)c2Br)CN1.Cl.